The molecule has 112 valence electrons. The van der Waals surface area contributed by atoms with Crippen LogP contribution in [0.4, 0.5) is 0 Å². The van der Waals surface area contributed by atoms with Crippen molar-refractivity contribution in [1.29, 1.82) is 0 Å². The number of rotatable bonds is 4. The monoisotopic (exact) mass is 298 g/mol. The lowest BCUT2D eigenvalue weighted by molar-refractivity contribution is -0.159. The van der Waals surface area contributed by atoms with Gasteiger partial charge in [-0.05, 0) is 24.0 Å². The third-order valence-electron chi connectivity index (χ3n) is 5.17. The molecule has 0 aromatic heterocycles. The van der Waals surface area contributed by atoms with E-state index in [1.807, 2.05) is 20.1 Å². The molecule has 1 aliphatic heterocycles. The Morgan fingerprint density at radius 3 is 2.85 bits per heavy atom. The number of carbonyl (C=O) groups excluding carboxylic acids is 2. The van der Waals surface area contributed by atoms with Gasteiger partial charge in [-0.2, -0.15) is 11.8 Å². The second-order valence-electron chi connectivity index (χ2n) is 6.96. The van der Waals surface area contributed by atoms with E-state index in [4.69, 9.17) is 9.47 Å². The van der Waals surface area contributed by atoms with Gasteiger partial charge >= 0.3 is 11.9 Å². The van der Waals surface area contributed by atoms with Gasteiger partial charge in [0.25, 0.3) is 0 Å². The minimum absolute atomic E-state index is 0.0193. The fourth-order valence-electron chi connectivity index (χ4n) is 4.46. The van der Waals surface area contributed by atoms with Crippen LogP contribution in [0.15, 0.2) is 0 Å². The summed E-state index contributed by atoms with van der Waals surface area (Å²) in [5.74, 6) is -0.0641. The van der Waals surface area contributed by atoms with Gasteiger partial charge in [0, 0.05) is 11.2 Å². The summed E-state index contributed by atoms with van der Waals surface area (Å²) in [7, 11) is 0. The van der Waals surface area contributed by atoms with E-state index in [1.165, 1.54) is 0 Å². The van der Waals surface area contributed by atoms with Crippen molar-refractivity contribution in [3.05, 3.63) is 0 Å². The maximum atomic E-state index is 12.5. The first-order chi connectivity index (χ1) is 9.40. The standard InChI is InChI=1S/C15H22O4S/c1-7(2)6-18-14(17)10-11-8-5-15(10,3)12(20-4)9(8)13(16)19-11/h7-12H,5-6H2,1-4H3. The van der Waals surface area contributed by atoms with E-state index < -0.39 is 0 Å². The minimum atomic E-state index is -0.286. The molecule has 5 heteroatoms. The third-order valence-corrected chi connectivity index (χ3v) is 6.50. The van der Waals surface area contributed by atoms with Gasteiger partial charge in [-0.3, -0.25) is 9.59 Å². The van der Waals surface area contributed by atoms with Crippen LogP contribution in [-0.4, -0.2) is 36.2 Å². The van der Waals surface area contributed by atoms with E-state index in [-0.39, 0.29) is 46.5 Å². The lowest BCUT2D eigenvalue weighted by Gasteiger charge is -2.37. The Hall–Kier alpha value is -0.710. The van der Waals surface area contributed by atoms with Crippen molar-refractivity contribution in [3.63, 3.8) is 0 Å². The number of hydrogen-bond acceptors (Lipinski definition) is 5. The fraction of sp³-hybridized carbons (Fsp3) is 0.867. The van der Waals surface area contributed by atoms with Crippen LogP contribution in [0.3, 0.4) is 0 Å². The SMILES string of the molecule is CSC1C2C(=O)OC3C2CC1(C)C3C(=O)OCC(C)C. The molecule has 3 rings (SSSR count). The lowest BCUT2D eigenvalue weighted by Crippen LogP contribution is -2.46. The zero-order chi connectivity index (χ0) is 14.7. The molecule has 0 aromatic carbocycles. The van der Waals surface area contributed by atoms with E-state index in [9.17, 15) is 9.59 Å². The first-order valence-electron chi connectivity index (χ1n) is 7.30. The highest BCUT2D eigenvalue weighted by atomic mass is 32.2. The lowest BCUT2D eigenvalue weighted by atomic mass is 9.72. The fourth-order valence-corrected chi connectivity index (χ4v) is 5.84. The number of ether oxygens (including phenoxy) is 2. The molecule has 1 saturated heterocycles. The molecule has 2 aliphatic carbocycles. The molecule has 1 heterocycles. The number of hydrogen-bond donors (Lipinski definition) is 0. The van der Waals surface area contributed by atoms with Crippen molar-refractivity contribution < 1.29 is 19.1 Å². The zero-order valence-electron chi connectivity index (χ0n) is 12.4. The summed E-state index contributed by atoms with van der Waals surface area (Å²) in [4.78, 5) is 24.5. The van der Waals surface area contributed by atoms with E-state index >= 15 is 0 Å². The molecule has 0 spiro atoms. The van der Waals surface area contributed by atoms with Crippen molar-refractivity contribution in [2.24, 2.45) is 29.1 Å². The van der Waals surface area contributed by atoms with E-state index in [0.29, 0.717) is 12.5 Å². The van der Waals surface area contributed by atoms with Crippen molar-refractivity contribution in [1.82, 2.24) is 0 Å². The predicted molar refractivity (Wildman–Crippen MR) is 76.2 cm³/mol. The van der Waals surface area contributed by atoms with Crippen molar-refractivity contribution in [2.45, 2.75) is 38.5 Å². The Balaban J connectivity index is 1.86. The van der Waals surface area contributed by atoms with Gasteiger partial charge in [-0.25, -0.2) is 0 Å². The summed E-state index contributed by atoms with van der Waals surface area (Å²) in [5, 5.41) is 0.176. The molecule has 3 aliphatic rings. The second-order valence-corrected chi connectivity index (χ2v) is 7.94. The Kier molecular flexibility index (Phi) is 3.31. The van der Waals surface area contributed by atoms with Crippen LogP contribution in [0.25, 0.3) is 0 Å². The molecule has 2 saturated carbocycles. The van der Waals surface area contributed by atoms with Gasteiger partial charge in [0.05, 0.1) is 12.5 Å². The largest absolute Gasteiger partial charge is 0.465 e. The first kappa shape index (κ1) is 14.2. The summed E-state index contributed by atoms with van der Waals surface area (Å²) in [6, 6.07) is 0. The normalized spacial score (nSPS) is 45.0. The first-order valence-corrected chi connectivity index (χ1v) is 8.59. The quantitative estimate of drug-likeness (QED) is 0.744. The molecule has 6 atom stereocenters. The molecular formula is C15H22O4S. The van der Waals surface area contributed by atoms with Gasteiger partial charge in [-0.15, -0.1) is 0 Å². The van der Waals surface area contributed by atoms with Crippen molar-refractivity contribution in [2.75, 3.05) is 12.9 Å². The van der Waals surface area contributed by atoms with Crippen LogP contribution < -0.4 is 0 Å². The molecule has 0 aromatic rings. The topological polar surface area (TPSA) is 52.6 Å². The molecule has 6 unspecified atom stereocenters. The molecule has 20 heavy (non-hydrogen) atoms. The summed E-state index contributed by atoms with van der Waals surface area (Å²) in [6.45, 7) is 6.60. The number of fused-ring (bicyclic) bond motifs is 1. The summed E-state index contributed by atoms with van der Waals surface area (Å²) in [5.41, 5.74) is -0.167. The Labute approximate surface area is 124 Å². The molecule has 3 fully saturated rings. The molecular weight excluding hydrogens is 276 g/mol. The second kappa shape index (κ2) is 4.65. The Morgan fingerprint density at radius 1 is 1.55 bits per heavy atom. The highest BCUT2D eigenvalue weighted by molar-refractivity contribution is 7.99. The summed E-state index contributed by atoms with van der Waals surface area (Å²) in [6.07, 6.45) is 2.68. The molecule has 2 bridgehead atoms. The van der Waals surface area contributed by atoms with Gasteiger partial charge in [0.2, 0.25) is 0 Å². The smallest absolute Gasteiger partial charge is 0.313 e. The number of carbonyl (C=O) groups is 2. The maximum Gasteiger partial charge on any atom is 0.313 e. The molecule has 0 N–H and O–H groups in total. The van der Waals surface area contributed by atoms with Crippen LogP contribution in [0.1, 0.15) is 27.2 Å². The predicted octanol–water partition coefficient (Wildman–Crippen LogP) is 2.11. The highest BCUT2D eigenvalue weighted by Crippen LogP contribution is 2.67. The average molecular weight is 298 g/mol. The van der Waals surface area contributed by atoms with Crippen LogP contribution in [0.5, 0.6) is 0 Å². The molecule has 4 nitrogen and oxygen atoms in total. The maximum absolute atomic E-state index is 12.5. The van der Waals surface area contributed by atoms with Gasteiger partial charge in [0.15, 0.2) is 0 Å². The van der Waals surface area contributed by atoms with Crippen molar-refractivity contribution in [3.8, 4) is 0 Å². The van der Waals surface area contributed by atoms with Crippen LogP contribution >= 0.6 is 11.8 Å². The van der Waals surface area contributed by atoms with E-state index in [0.717, 1.165) is 6.42 Å². The average Bonchev–Trinajstić information content (AvgIpc) is 2.90. The van der Waals surface area contributed by atoms with Crippen LogP contribution in [0, 0.1) is 29.1 Å². The molecule has 0 amide bonds. The van der Waals surface area contributed by atoms with Gasteiger partial charge in [0.1, 0.15) is 12.0 Å². The van der Waals surface area contributed by atoms with E-state index in [2.05, 4.69) is 6.92 Å². The summed E-state index contributed by atoms with van der Waals surface area (Å²) < 4.78 is 11.0. The van der Waals surface area contributed by atoms with Gasteiger partial charge < -0.3 is 9.47 Å². The Morgan fingerprint density at radius 2 is 2.25 bits per heavy atom. The van der Waals surface area contributed by atoms with E-state index in [1.54, 1.807) is 11.8 Å². The number of esters is 2. The van der Waals surface area contributed by atoms with Gasteiger partial charge in [-0.1, -0.05) is 20.8 Å². The number of thioether (sulfide) groups is 1. The minimum Gasteiger partial charge on any atom is -0.465 e. The van der Waals surface area contributed by atoms with Crippen molar-refractivity contribution >= 4 is 23.7 Å². The molecule has 0 radical (unpaired) electrons. The highest BCUT2D eigenvalue weighted by Gasteiger charge is 2.73. The Bertz CT molecular complexity index is 449. The third kappa shape index (κ3) is 1.74. The van der Waals surface area contributed by atoms with Crippen LogP contribution in [0.2, 0.25) is 0 Å². The van der Waals surface area contributed by atoms with Crippen LogP contribution in [-0.2, 0) is 19.1 Å². The zero-order valence-corrected chi connectivity index (χ0v) is 13.2. The summed E-state index contributed by atoms with van der Waals surface area (Å²) >= 11 is 1.69.